The number of halogens is 1. The molecule has 2 unspecified atom stereocenters. The van der Waals surface area contributed by atoms with Gasteiger partial charge in [-0.2, -0.15) is 0 Å². The predicted molar refractivity (Wildman–Crippen MR) is 80.3 cm³/mol. The largest absolute Gasteiger partial charge is 0.316 e. The normalized spacial score (nSPS) is 20.2. The van der Waals surface area contributed by atoms with Crippen molar-refractivity contribution < 1.29 is 0 Å². The first-order valence-electron chi connectivity index (χ1n) is 6.39. The Labute approximate surface area is 117 Å². The van der Waals surface area contributed by atoms with E-state index < -0.39 is 0 Å². The Morgan fingerprint density at radius 2 is 2.29 bits per heavy atom. The van der Waals surface area contributed by atoms with Gasteiger partial charge in [-0.1, -0.05) is 41.1 Å². The van der Waals surface area contributed by atoms with E-state index in [-0.39, 0.29) is 0 Å². The zero-order valence-corrected chi connectivity index (χ0v) is 12.7. The molecule has 0 saturated heterocycles. The molecule has 3 heteroatoms. The first kappa shape index (κ1) is 13.4. The Morgan fingerprint density at radius 3 is 3.06 bits per heavy atom. The van der Waals surface area contributed by atoms with Crippen molar-refractivity contribution in [2.45, 2.75) is 41.2 Å². The minimum absolute atomic E-state index is 0.670. The molecule has 2 atom stereocenters. The van der Waals surface area contributed by atoms with Crippen LogP contribution in [0.4, 0.5) is 0 Å². The number of fused-ring (bicyclic) bond motifs is 1. The number of rotatable bonds is 6. The Morgan fingerprint density at radius 1 is 1.47 bits per heavy atom. The number of nitrogens with one attached hydrogen (secondary N) is 1. The van der Waals surface area contributed by atoms with Crippen molar-refractivity contribution in [2.75, 3.05) is 13.1 Å². The Hall–Kier alpha value is 0.01000. The van der Waals surface area contributed by atoms with Crippen LogP contribution in [0.2, 0.25) is 0 Å². The van der Waals surface area contributed by atoms with E-state index in [1.807, 2.05) is 11.8 Å². The highest BCUT2D eigenvalue weighted by Gasteiger charge is 2.20. The molecule has 0 fully saturated rings. The van der Waals surface area contributed by atoms with Crippen LogP contribution in [-0.2, 0) is 6.42 Å². The predicted octanol–water partition coefficient (Wildman–Crippen LogP) is 3.86. The summed E-state index contributed by atoms with van der Waals surface area (Å²) in [6, 6.07) is 8.78. The summed E-state index contributed by atoms with van der Waals surface area (Å²) in [6.07, 6.45) is 3.66. The average molecular weight is 314 g/mol. The van der Waals surface area contributed by atoms with Gasteiger partial charge >= 0.3 is 0 Å². The van der Waals surface area contributed by atoms with Gasteiger partial charge in [0.15, 0.2) is 0 Å². The van der Waals surface area contributed by atoms with Crippen LogP contribution in [0.5, 0.6) is 0 Å². The summed E-state index contributed by atoms with van der Waals surface area (Å²) in [5.74, 6) is 0. The fraction of sp³-hybridized carbons (Fsp3) is 0.571. The van der Waals surface area contributed by atoms with E-state index >= 15 is 0 Å². The van der Waals surface area contributed by atoms with Gasteiger partial charge in [-0.15, -0.1) is 11.8 Å². The number of benzene rings is 1. The maximum absolute atomic E-state index is 3.67. The number of thioether (sulfide) groups is 1. The molecule has 1 heterocycles. The lowest BCUT2D eigenvalue weighted by Gasteiger charge is -2.11. The minimum atomic E-state index is 0.670. The van der Waals surface area contributed by atoms with Crippen LogP contribution < -0.4 is 5.32 Å². The molecular weight excluding hydrogens is 294 g/mol. The molecule has 17 heavy (non-hydrogen) atoms. The van der Waals surface area contributed by atoms with Gasteiger partial charge in [-0.05, 0) is 37.4 Å². The summed E-state index contributed by atoms with van der Waals surface area (Å²) in [4.78, 5) is 2.15. The van der Waals surface area contributed by atoms with Crippen molar-refractivity contribution in [1.82, 2.24) is 5.32 Å². The SMILES string of the molecule is CCC(Br)CCNCC1Cc2ccccc2S1. The Balaban J connectivity index is 1.67. The van der Waals surface area contributed by atoms with E-state index in [1.165, 1.54) is 29.7 Å². The van der Waals surface area contributed by atoms with E-state index in [2.05, 4.69) is 52.4 Å². The van der Waals surface area contributed by atoms with Crippen molar-refractivity contribution >= 4 is 27.7 Å². The van der Waals surface area contributed by atoms with Gasteiger partial charge < -0.3 is 5.32 Å². The van der Waals surface area contributed by atoms with Crippen molar-refractivity contribution in [2.24, 2.45) is 0 Å². The fourth-order valence-electron chi connectivity index (χ4n) is 2.09. The second-order valence-corrected chi connectivity index (χ2v) is 7.19. The van der Waals surface area contributed by atoms with Crippen LogP contribution in [0.15, 0.2) is 29.2 Å². The molecule has 1 N–H and O–H groups in total. The molecule has 0 saturated carbocycles. The van der Waals surface area contributed by atoms with Gasteiger partial charge in [0, 0.05) is 21.5 Å². The molecule has 94 valence electrons. The van der Waals surface area contributed by atoms with Crippen molar-refractivity contribution in [1.29, 1.82) is 0 Å². The van der Waals surface area contributed by atoms with E-state index in [4.69, 9.17) is 0 Å². The maximum Gasteiger partial charge on any atom is 0.0260 e. The van der Waals surface area contributed by atoms with Crippen LogP contribution in [0.3, 0.4) is 0 Å². The lowest BCUT2D eigenvalue weighted by atomic mass is 10.1. The fourth-order valence-corrected chi connectivity index (χ4v) is 3.61. The molecule has 2 rings (SSSR count). The first-order chi connectivity index (χ1) is 8.29. The monoisotopic (exact) mass is 313 g/mol. The van der Waals surface area contributed by atoms with Crippen molar-refractivity contribution in [3.8, 4) is 0 Å². The lowest BCUT2D eigenvalue weighted by Crippen LogP contribution is -2.26. The van der Waals surface area contributed by atoms with Gasteiger partial charge in [0.25, 0.3) is 0 Å². The molecule has 0 bridgehead atoms. The highest BCUT2D eigenvalue weighted by Crippen LogP contribution is 2.36. The second kappa shape index (κ2) is 6.81. The van der Waals surface area contributed by atoms with Gasteiger partial charge in [0.1, 0.15) is 0 Å². The first-order valence-corrected chi connectivity index (χ1v) is 8.18. The minimum Gasteiger partial charge on any atom is -0.316 e. The maximum atomic E-state index is 3.67. The molecule has 0 spiro atoms. The number of hydrogen-bond donors (Lipinski definition) is 1. The van der Waals surface area contributed by atoms with Crippen molar-refractivity contribution in [3.63, 3.8) is 0 Å². The average Bonchev–Trinajstić information content (AvgIpc) is 2.76. The summed E-state index contributed by atoms with van der Waals surface area (Å²) in [5, 5.41) is 4.30. The van der Waals surface area contributed by atoms with Crippen molar-refractivity contribution in [3.05, 3.63) is 29.8 Å². The Bertz CT molecular complexity index is 331. The Kier molecular flexibility index (Phi) is 5.39. The van der Waals surface area contributed by atoms with Gasteiger partial charge in [-0.3, -0.25) is 0 Å². The smallest absolute Gasteiger partial charge is 0.0260 e. The quantitative estimate of drug-likeness (QED) is 0.632. The number of hydrogen-bond acceptors (Lipinski definition) is 2. The zero-order valence-electron chi connectivity index (χ0n) is 10.3. The summed E-state index contributed by atoms with van der Waals surface area (Å²) in [5.41, 5.74) is 1.52. The summed E-state index contributed by atoms with van der Waals surface area (Å²) in [6.45, 7) is 4.48. The molecular formula is C14H20BrNS. The van der Waals surface area contributed by atoms with Gasteiger partial charge in [0.2, 0.25) is 0 Å². The van der Waals surface area contributed by atoms with E-state index in [9.17, 15) is 0 Å². The molecule has 1 nitrogen and oxygen atoms in total. The third-order valence-electron chi connectivity index (χ3n) is 3.16. The highest BCUT2D eigenvalue weighted by atomic mass is 79.9. The van der Waals surface area contributed by atoms with Crippen LogP contribution in [0, 0.1) is 0 Å². The topological polar surface area (TPSA) is 12.0 Å². The lowest BCUT2D eigenvalue weighted by molar-refractivity contribution is 0.619. The van der Waals surface area contributed by atoms with E-state index in [0.717, 1.165) is 18.3 Å². The molecule has 1 aliphatic rings. The zero-order chi connectivity index (χ0) is 12.1. The third-order valence-corrected chi connectivity index (χ3v) is 5.59. The van der Waals surface area contributed by atoms with E-state index in [0.29, 0.717) is 4.83 Å². The molecule has 0 aliphatic carbocycles. The molecule has 0 amide bonds. The van der Waals surface area contributed by atoms with Crippen LogP contribution >= 0.6 is 27.7 Å². The highest BCUT2D eigenvalue weighted by molar-refractivity contribution is 9.09. The van der Waals surface area contributed by atoms with Gasteiger partial charge in [-0.25, -0.2) is 0 Å². The molecule has 1 aromatic rings. The third kappa shape index (κ3) is 4.01. The second-order valence-electron chi connectivity index (χ2n) is 4.55. The number of alkyl halides is 1. The van der Waals surface area contributed by atoms with Crippen LogP contribution in [0.25, 0.3) is 0 Å². The standard InChI is InChI=1S/C14H20BrNS/c1-2-12(15)7-8-16-10-13-9-11-5-3-4-6-14(11)17-13/h3-6,12-13,16H,2,7-10H2,1H3. The molecule has 0 radical (unpaired) electrons. The van der Waals surface area contributed by atoms with Gasteiger partial charge in [0.05, 0.1) is 0 Å². The van der Waals surface area contributed by atoms with Crippen LogP contribution in [0.1, 0.15) is 25.3 Å². The summed E-state index contributed by atoms with van der Waals surface area (Å²) in [7, 11) is 0. The summed E-state index contributed by atoms with van der Waals surface area (Å²) < 4.78 is 0. The summed E-state index contributed by atoms with van der Waals surface area (Å²) >= 11 is 5.70. The molecule has 1 aromatic carbocycles. The molecule has 0 aromatic heterocycles. The van der Waals surface area contributed by atoms with Crippen LogP contribution in [-0.4, -0.2) is 23.2 Å². The van der Waals surface area contributed by atoms with E-state index in [1.54, 1.807) is 0 Å². The molecule has 1 aliphatic heterocycles.